The first kappa shape index (κ1) is 13.3. The third kappa shape index (κ3) is 2.63. The lowest BCUT2D eigenvalue weighted by molar-refractivity contribution is -0.0645. The van der Waals surface area contributed by atoms with Crippen molar-refractivity contribution in [2.45, 2.75) is 30.9 Å². The largest absolute Gasteiger partial charge is 0.468 e. The molecule has 1 heterocycles. The fourth-order valence-corrected chi connectivity index (χ4v) is 2.00. The zero-order chi connectivity index (χ0) is 13.1. The van der Waals surface area contributed by atoms with Crippen LogP contribution in [0.1, 0.15) is 5.76 Å². The smallest absolute Gasteiger partial charge is 0.117 e. The third-order valence-electron chi connectivity index (χ3n) is 3.09. The van der Waals surface area contributed by atoms with Crippen LogP contribution in [0.3, 0.4) is 0 Å². The van der Waals surface area contributed by atoms with E-state index in [1.807, 2.05) is 0 Å². The summed E-state index contributed by atoms with van der Waals surface area (Å²) in [7, 11) is 0. The minimum absolute atomic E-state index is 0.296. The highest BCUT2D eigenvalue weighted by atomic mass is 16.4. The van der Waals surface area contributed by atoms with Crippen LogP contribution >= 0.6 is 0 Å². The summed E-state index contributed by atoms with van der Waals surface area (Å²) in [5.41, 5.74) is 0.296. The van der Waals surface area contributed by atoms with Crippen LogP contribution in [0.25, 0.3) is 0 Å². The molecule has 1 unspecified atom stereocenters. The molecule has 0 radical (unpaired) electrons. The van der Waals surface area contributed by atoms with Crippen LogP contribution in [0.4, 0.5) is 0 Å². The van der Waals surface area contributed by atoms with Crippen LogP contribution in [0.2, 0.25) is 0 Å². The molecule has 100 valence electrons. The van der Waals surface area contributed by atoms with Crippen molar-refractivity contribution in [3.05, 3.63) is 35.8 Å². The van der Waals surface area contributed by atoms with E-state index < -0.39 is 24.4 Å². The number of nitrogens with one attached hydrogen (secondary N) is 1. The highest BCUT2D eigenvalue weighted by Crippen LogP contribution is 2.20. The Balaban J connectivity index is 2.04. The average molecular weight is 255 g/mol. The van der Waals surface area contributed by atoms with E-state index in [0.29, 0.717) is 17.9 Å². The van der Waals surface area contributed by atoms with E-state index in [9.17, 15) is 15.3 Å². The Morgan fingerprint density at radius 3 is 2.61 bits per heavy atom. The predicted octanol–water partition coefficient (Wildman–Crippen LogP) is -1.25. The molecule has 6 heteroatoms. The summed E-state index contributed by atoms with van der Waals surface area (Å²) >= 11 is 0. The molecule has 1 aliphatic rings. The van der Waals surface area contributed by atoms with Crippen molar-refractivity contribution in [1.82, 2.24) is 5.32 Å². The summed E-state index contributed by atoms with van der Waals surface area (Å²) in [6.07, 6.45) is -0.601. The Morgan fingerprint density at radius 2 is 2.00 bits per heavy atom. The normalized spacial score (nSPS) is 32.3. The van der Waals surface area contributed by atoms with Gasteiger partial charge in [0.2, 0.25) is 0 Å². The number of furan rings is 1. The fourth-order valence-electron chi connectivity index (χ4n) is 2.00. The maximum absolute atomic E-state index is 9.82. The molecule has 1 aromatic rings. The van der Waals surface area contributed by atoms with Crippen LogP contribution in [0.15, 0.2) is 34.5 Å². The molecule has 0 spiro atoms. The minimum Gasteiger partial charge on any atom is -0.468 e. The van der Waals surface area contributed by atoms with Gasteiger partial charge in [0, 0.05) is 0 Å². The zero-order valence-electron chi connectivity index (χ0n) is 9.73. The average Bonchev–Trinajstić information content (AvgIpc) is 2.88. The van der Waals surface area contributed by atoms with Crippen molar-refractivity contribution in [1.29, 1.82) is 0 Å². The number of hydrogen-bond donors (Lipinski definition) is 5. The maximum Gasteiger partial charge on any atom is 0.117 e. The second-order valence-electron chi connectivity index (χ2n) is 4.31. The van der Waals surface area contributed by atoms with E-state index in [1.165, 1.54) is 6.08 Å². The monoisotopic (exact) mass is 255 g/mol. The van der Waals surface area contributed by atoms with Gasteiger partial charge < -0.3 is 30.2 Å². The molecular formula is C12H17NO5. The molecular weight excluding hydrogens is 238 g/mol. The first-order chi connectivity index (χ1) is 8.63. The lowest BCUT2D eigenvalue weighted by Crippen LogP contribution is -2.53. The molecule has 0 fully saturated rings. The standard InChI is InChI=1S/C12H17NO5/c14-6-7-4-9(11(16)12(17)10(7)15)13-5-8-2-1-3-18-8/h1-4,9-17H,5-6H2/t9-,10+,11-,12?/m0/s1. The molecule has 4 atom stereocenters. The maximum atomic E-state index is 9.82. The van der Waals surface area contributed by atoms with Gasteiger partial charge in [-0.25, -0.2) is 0 Å². The van der Waals surface area contributed by atoms with Gasteiger partial charge in [-0.05, 0) is 17.7 Å². The highest BCUT2D eigenvalue weighted by Gasteiger charge is 2.36. The summed E-state index contributed by atoms with van der Waals surface area (Å²) < 4.78 is 5.13. The summed E-state index contributed by atoms with van der Waals surface area (Å²) in [5, 5.41) is 41.1. The Hall–Kier alpha value is -1.18. The lowest BCUT2D eigenvalue weighted by Gasteiger charge is -2.34. The van der Waals surface area contributed by atoms with E-state index in [0.717, 1.165) is 0 Å². The molecule has 0 aliphatic heterocycles. The van der Waals surface area contributed by atoms with Gasteiger partial charge in [0.05, 0.1) is 25.5 Å². The third-order valence-corrected chi connectivity index (χ3v) is 3.09. The van der Waals surface area contributed by atoms with Gasteiger partial charge in [-0.2, -0.15) is 0 Å². The van der Waals surface area contributed by atoms with Gasteiger partial charge in [-0.1, -0.05) is 6.08 Å². The highest BCUT2D eigenvalue weighted by molar-refractivity contribution is 5.21. The summed E-state index contributed by atoms with van der Waals surface area (Å²) in [5.74, 6) is 0.696. The fraction of sp³-hybridized carbons (Fsp3) is 0.500. The van der Waals surface area contributed by atoms with E-state index in [-0.39, 0.29) is 6.61 Å². The zero-order valence-corrected chi connectivity index (χ0v) is 9.73. The molecule has 18 heavy (non-hydrogen) atoms. The second-order valence-corrected chi connectivity index (χ2v) is 4.31. The molecule has 0 saturated heterocycles. The Morgan fingerprint density at radius 1 is 1.22 bits per heavy atom. The molecule has 6 nitrogen and oxygen atoms in total. The van der Waals surface area contributed by atoms with Gasteiger partial charge >= 0.3 is 0 Å². The Labute approximate surface area is 104 Å². The molecule has 0 saturated carbocycles. The molecule has 0 bridgehead atoms. The summed E-state index contributed by atoms with van der Waals surface area (Å²) in [6.45, 7) is 0.0244. The van der Waals surface area contributed by atoms with Crippen LogP contribution in [0, 0.1) is 0 Å². The van der Waals surface area contributed by atoms with Crippen LogP contribution in [-0.4, -0.2) is 51.4 Å². The molecule has 2 rings (SSSR count). The van der Waals surface area contributed by atoms with E-state index in [4.69, 9.17) is 9.52 Å². The number of hydrogen-bond acceptors (Lipinski definition) is 6. The molecule has 0 aromatic carbocycles. The van der Waals surface area contributed by atoms with Gasteiger partial charge in [0.15, 0.2) is 0 Å². The molecule has 0 amide bonds. The van der Waals surface area contributed by atoms with E-state index in [1.54, 1.807) is 18.4 Å². The molecule has 1 aliphatic carbocycles. The number of aliphatic hydroxyl groups is 4. The summed E-state index contributed by atoms with van der Waals surface area (Å²) in [6, 6.07) is 2.99. The van der Waals surface area contributed by atoms with Crippen molar-refractivity contribution in [2.75, 3.05) is 6.61 Å². The van der Waals surface area contributed by atoms with E-state index in [2.05, 4.69) is 5.32 Å². The predicted molar refractivity (Wildman–Crippen MR) is 62.5 cm³/mol. The number of aliphatic hydroxyl groups excluding tert-OH is 4. The summed E-state index contributed by atoms with van der Waals surface area (Å²) in [4.78, 5) is 0. The SMILES string of the molecule is OCC1=C[C@H](NCc2ccco2)[C@H](O)C(O)[C@@H]1O. The van der Waals surface area contributed by atoms with Crippen molar-refractivity contribution in [3.63, 3.8) is 0 Å². The number of rotatable bonds is 4. The Bertz CT molecular complexity index is 403. The van der Waals surface area contributed by atoms with Crippen molar-refractivity contribution in [2.24, 2.45) is 0 Å². The van der Waals surface area contributed by atoms with E-state index >= 15 is 0 Å². The van der Waals surface area contributed by atoms with Crippen LogP contribution in [0.5, 0.6) is 0 Å². The van der Waals surface area contributed by atoms with Gasteiger partial charge in [0.25, 0.3) is 0 Å². The van der Waals surface area contributed by atoms with Gasteiger partial charge in [0.1, 0.15) is 24.1 Å². The van der Waals surface area contributed by atoms with Gasteiger partial charge in [-0.15, -0.1) is 0 Å². The molecule has 1 aromatic heterocycles. The lowest BCUT2D eigenvalue weighted by atomic mass is 9.88. The Kier molecular flexibility index (Phi) is 4.15. The minimum atomic E-state index is -1.31. The van der Waals surface area contributed by atoms with Crippen LogP contribution in [-0.2, 0) is 6.54 Å². The first-order valence-corrected chi connectivity index (χ1v) is 5.75. The topological polar surface area (TPSA) is 106 Å². The first-order valence-electron chi connectivity index (χ1n) is 5.75. The molecule has 5 N–H and O–H groups in total. The van der Waals surface area contributed by atoms with Gasteiger partial charge in [-0.3, -0.25) is 0 Å². The quantitative estimate of drug-likeness (QED) is 0.431. The second kappa shape index (κ2) is 5.64. The van der Waals surface area contributed by atoms with Crippen molar-refractivity contribution in [3.8, 4) is 0 Å². The van der Waals surface area contributed by atoms with Crippen LogP contribution < -0.4 is 5.32 Å². The van der Waals surface area contributed by atoms with Crippen molar-refractivity contribution < 1.29 is 24.8 Å². The van der Waals surface area contributed by atoms with Crippen molar-refractivity contribution >= 4 is 0 Å².